The number of methoxy groups -OCH3 is 1. The van der Waals surface area contributed by atoms with Crippen LogP contribution in [0.4, 0.5) is 0 Å². The molecule has 5 nitrogen and oxygen atoms in total. The fourth-order valence-electron chi connectivity index (χ4n) is 2.20. The number of carboxylic acid groups (broad SMARTS) is 1. The third kappa shape index (κ3) is 5.45. The van der Waals surface area contributed by atoms with Crippen molar-refractivity contribution in [2.45, 2.75) is 33.2 Å². The Hall–Kier alpha value is -2.04. The average Bonchev–Trinajstić information content (AvgIpc) is 2.37. The highest BCUT2D eigenvalue weighted by Crippen LogP contribution is 2.21. The molecule has 1 amide bonds. The van der Waals surface area contributed by atoms with Crippen LogP contribution in [0.5, 0.6) is 5.75 Å². The van der Waals surface area contributed by atoms with Crippen molar-refractivity contribution < 1.29 is 19.4 Å². The average molecular weight is 293 g/mol. The van der Waals surface area contributed by atoms with Gasteiger partial charge in [0.1, 0.15) is 5.75 Å². The van der Waals surface area contributed by atoms with Gasteiger partial charge in [0.15, 0.2) is 0 Å². The molecular formula is C16H23NO4. The normalized spacial score (nSPS) is 11.8. The molecule has 1 N–H and O–H groups in total. The van der Waals surface area contributed by atoms with Crippen LogP contribution in [-0.4, -0.2) is 36.0 Å². The van der Waals surface area contributed by atoms with Gasteiger partial charge in [-0.2, -0.15) is 0 Å². The second-order valence-corrected chi connectivity index (χ2v) is 5.47. The largest absolute Gasteiger partial charge is 0.496 e. The van der Waals surface area contributed by atoms with Crippen LogP contribution in [-0.2, 0) is 16.1 Å². The Morgan fingerprint density at radius 2 is 2.00 bits per heavy atom. The first-order chi connectivity index (χ1) is 9.83. The van der Waals surface area contributed by atoms with Crippen LogP contribution >= 0.6 is 0 Å². The Balaban J connectivity index is 2.68. The van der Waals surface area contributed by atoms with Crippen LogP contribution in [0.2, 0.25) is 0 Å². The molecule has 0 radical (unpaired) electrons. The number of hydrogen-bond acceptors (Lipinski definition) is 3. The summed E-state index contributed by atoms with van der Waals surface area (Å²) < 4.78 is 5.30. The molecule has 1 atom stereocenters. The molecule has 1 unspecified atom stereocenters. The third-order valence-corrected chi connectivity index (χ3v) is 3.32. The van der Waals surface area contributed by atoms with Gasteiger partial charge in [0.05, 0.1) is 7.11 Å². The van der Waals surface area contributed by atoms with Gasteiger partial charge in [0.2, 0.25) is 5.91 Å². The van der Waals surface area contributed by atoms with Crippen LogP contribution in [0, 0.1) is 12.8 Å². The summed E-state index contributed by atoms with van der Waals surface area (Å²) in [6.45, 7) is 4.20. The standard InChI is InChI=1S/C16H23NO4/c1-11-5-6-14(21-4)13(7-11)10-17(3)15(18)8-12(2)9-16(19)20/h5-7,12H,8-10H2,1-4H3,(H,19,20). The molecule has 0 aliphatic heterocycles. The fourth-order valence-corrected chi connectivity index (χ4v) is 2.20. The van der Waals surface area contributed by atoms with Crippen molar-refractivity contribution in [3.05, 3.63) is 29.3 Å². The van der Waals surface area contributed by atoms with Crippen LogP contribution in [0.15, 0.2) is 18.2 Å². The monoisotopic (exact) mass is 293 g/mol. The zero-order valence-corrected chi connectivity index (χ0v) is 13.0. The second kappa shape index (κ2) is 7.67. The summed E-state index contributed by atoms with van der Waals surface area (Å²) in [6, 6.07) is 5.83. The molecule has 0 saturated carbocycles. The SMILES string of the molecule is COc1ccc(C)cc1CN(C)C(=O)CC(C)CC(=O)O. The molecule has 1 aromatic rings. The predicted molar refractivity (Wildman–Crippen MR) is 80.2 cm³/mol. The van der Waals surface area contributed by atoms with Crippen molar-refractivity contribution in [2.24, 2.45) is 5.92 Å². The number of aliphatic carboxylic acids is 1. The highest BCUT2D eigenvalue weighted by molar-refractivity contribution is 5.77. The molecular weight excluding hydrogens is 270 g/mol. The van der Waals surface area contributed by atoms with Crippen LogP contribution in [0.3, 0.4) is 0 Å². The maximum atomic E-state index is 12.1. The smallest absolute Gasteiger partial charge is 0.303 e. The van der Waals surface area contributed by atoms with E-state index in [1.807, 2.05) is 25.1 Å². The molecule has 5 heteroatoms. The number of hydrogen-bond donors (Lipinski definition) is 1. The van der Waals surface area contributed by atoms with Crippen molar-refractivity contribution in [1.29, 1.82) is 0 Å². The van der Waals surface area contributed by atoms with E-state index in [-0.39, 0.29) is 24.7 Å². The fraction of sp³-hybridized carbons (Fsp3) is 0.500. The van der Waals surface area contributed by atoms with Gasteiger partial charge in [-0.15, -0.1) is 0 Å². The number of nitrogens with zero attached hydrogens (tertiary/aromatic N) is 1. The highest BCUT2D eigenvalue weighted by atomic mass is 16.5. The van der Waals surface area contributed by atoms with Gasteiger partial charge in [-0.05, 0) is 18.9 Å². The van der Waals surface area contributed by atoms with E-state index in [1.165, 1.54) is 0 Å². The molecule has 0 aliphatic rings. The lowest BCUT2D eigenvalue weighted by molar-refractivity contribution is -0.138. The minimum Gasteiger partial charge on any atom is -0.496 e. The Labute approximate surface area is 125 Å². The lowest BCUT2D eigenvalue weighted by Gasteiger charge is -2.20. The molecule has 1 aromatic carbocycles. The maximum absolute atomic E-state index is 12.1. The zero-order valence-electron chi connectivity index (χ0n) is 13.0. The molecule has 0 heterocycles. The lowest BCUT2D eigenvalue weighted by atomic mass is 10.0. The number of benzene rings is 1. The van der Waals surface area contributed by atoms with Crippen molar-refractivity contribution in [1.82, 2.24) is 4.90 Å². The van der Waals surface area contributed by atoms with E-state index in [0.29, 0.717) is 6.54 Å². The van der Waals surface area contributed by atoms with Gasteiger partial charge in [0, 0.05) is 32.0 Å². The molecule has 1 rings (SSSR count). The number of ether oxygens (including phenoxy) is 1. The first-order valence-electron chi connectivity index (χ1n) is 6.92. The maximum Gasteiger partial charge on any atom is 0.303 e. The highest BCUT2D eigenvalue weighted by Gasteiger charge is 2.17. The Kier molecular flexibility index (Phi) is 6.21. The van der Waals surface area contributed by atoms with Crippen molar-refractivity contribution in [3.63, 3.8) is 0 Å². The van der Waals surface area contributed by atoms with Crippen LogP contribution < -0.4 is 4.74 Å². The summed E-state index contributed by atoms with van der Waals surface area (Å²) in [4.78, 5) is 24.4. The van der Waals surface area contributed by atoms with Crippen LogP contribution in [0.25, 0.3) is 0 Å². The number of carbonyl (C=O) groups is 2. The summed E-state index contributed by atoms with van der Waals surface area (Å²) in [5.41, 5.74) is 2.05. The molecule has 0 fully saturated rings. The van der Waals surface area contributed by atoms with Gasteiger partial charge in [-0.1, -0.05) is 24.6 Å². The Bertz CT molecular complexity index is 513. The molecule has 0 saturated heterocycles. The Morgan fingerprint density at radius 3 is 2.57 bits per heavy atom. The molecule has 21 heavy (non-hydrogen) atoms. The summed E-state index contributed by atoms with van der Waals surface area (Å²) in [5, 5.41) is 8.73. The molecule has 116 valence electrons. The number of aryl methyl sites for hydroxylation is 1. The summed E-state index contributed by atoms with van der Waals surface area (Å²) in [6.07, 6.45) is 0.240. The van der Waals surface area contributed by atoms with Gasteiger partial charge in [-0.3, -0.25) is 9.59 Å². The van der Waals surface area contributed by atoms with E-state index in [1.54, 1.807) is 26.0 Å². The number of amides is 1. The van der Waals surface area contributed by atoms with E-state index in [0.717, 1.165) is 16.9 Å². The topological polar surface area (TPSA) is 66.8 Å². The first-order valence-corrected chi connectivity index (χ1v) is 6.92. The number of carboxylic acids is 1. The third-order valence-electron chi connectivity index (χ3n) is 3.32. The van der Waals surface area contributed by atoms with E-state index < -0.39 is 5.97 Å². The second-order valence-electron chi connectivity index (χ2n) is 5.47. The molecule has 0 aromatic heterocycles. The molecule has 0 bridgehead atoms. The van der Waals surface area contributed by atoms with E-state index in [4.69, 9.17) is 9.84 Å². The van der Waals surface area contributed by atoms with Crippen molar-refractivity contribution >= 4 is 11.9 Å². The molecule has 0 spiro atoms. The van der Waals surface area contributed by atoms with Crippen molar-refractivity contribution in [2.75, 3.05) is 14.2 Å². The lowest BCUT2D eigenvalue weighted by Crippen LogP contribution is -2.28. The van der Waals surface area contributed by atoms with E-state index in [9.17, 15) is 9.59 Å². The van der Waals surface area contributed by atoms with E-state index >= 15 is 0 Å². The minimum atomic E-state index is -0.877. The first kappa shape index (κ1) is 17.0. The molecule has 0 aliphatic carbocycles. The number of rotatable bonds is 7. The summed E-state index contributed by atoms with van der Waals surface area (Å²) in [7, 11) is 3.32. The predicted octanol–water partition coefficient (Wildman–Crippen LogP) is 2.46. The van der Waals surface area contributed by atoms with Gasteiger partial charge < -0.3 is 14.7 Å². The van der Waals surface area contributed by atoms with Crippen molar-refractivity contribution in [3.8, 4) is 5.75 Å². The summed E-state index contributed by atoms with van der Waals surface area (Å²) in [5.74, 6) is -0.360. The van der Waals surface area contributed by atoms with E-state index in [2.05, 4.69) is 0 Å². The summed E-state index contributed by atoms with van der Waals surface area (Å²) >= 11 is 0. The van der Waals surface area contributed by atoms with Crippen LogP contribution in [0.1, 0.15) is 30.9 Å². The van der Waals surface area contributed by atoms with Gasteiger partial charge in [-0.25, -0.2) is 0 Å². The van der Waals surface area contributed by atoms with Gasteiger partial charge >= 0.3 is 5.97 Å². The minimum absolute atomic E-state index is 0.00729. The zero-order chi connectivity index (χ0) is 16.0. The number of carbonyl (C=O) groups excluding carboxylic acids is 1. The Morgan fingerprint density at radius 1 is 1.33 bits per heavy atom. The van der Waals surface area contributed by atoms with Gasteiger partial charge in [0.25, 0.3) is 0 Å². The quantitative estimate of drug-likeness (QED) is 0.838.